The summed E-state index contributed by atoms with van der Waals surface area (Å²) in [6, 6.07) is 13.7. The summed E-state index contributed by atoms with van der Waals surface area (Å²) >= 11 is 0. The lowest BCUT2D eigenvalue weighted by Crippen LogP contribution is -2.50. The van der Waals surface area contributed by atoms with Crippen LogP contribution in [0.2, 0.25) is 0 Å². The molecule has 2 atom stereocenters. The van der Waals surface area contributed by atoms with E-state index in [0.717, 1.165) is 18.4 Å². The van der Waals surface area contributed by atoms with Crippen molar-refractivity contribution in [3.63, 3.8) is 0 Å². The van der Waals surface area contributed by atoms with E-state index in [4.69, 9.17) is 4.55 Å². The van der Waals surface area contributed by atoms with Gasteiger partial charge in [0.05, 0.1) is 10.6 Å². The van der Waals surface area contributed by atoms with E-state index >= 15 is 0 Å². The molecule has 0 unspecified atom stereocenters. The third-order valence-electron chi connectivity index (χ3n) is 5.81. The van der Waals surface area contributed by atoms with Crippen LogP contribution in [0.15, 0.2) is 53.4 Å². The largest absolute Gasteiger partial charge is 0.446 e. The monoisotopic (exact) mass is 467 g/mol. The summed E-state index contributed by atoms with van der Waals surface area (Å²) in [5.41, 5.74) is 1.03. The summed E-state index contributed by atoms with van der Waals surface area (Å²) in [6.45, 7) is 4.06. The van der Waals surface area contributed by atoms with Crippen LogP contribution in [0.5, 0.6) is 5.75 Å². The highest BCUT2D eigenvalue weighted by atomic mass is 32.3. The Kier molecular flexibility index (Phi) is 7.10. The van der Waals surface area contributed by atoms with Crippen molar-refractivity contribution in [3.8, 4) is 5.75 Å². The molecule has 2 N–H and O–H groups in total. The molecule has 31 heavy (non-hydrogen) atoms. The predicted octanol–water partition coefficient (Wildman–Crippen LogP) is 3.87. The van der Waals surface area contributed by atoms with Gasteiger partial charge < -0.3 is 9.50 Å². The summed E-state index contributed by atoms with van der Waals surface area (Å²) in [6.07, 6.45) is 3.77. The molecule has 1 heterocycles. The molecular formula is C22H29NO6S2. The molecule has 0 saturated carbocycles. The molecule has 0 aliphatic carbocycles. The zero-order valence-corrected chi connectivity index (χ0v) is 19.4. The Morgan fingerprint density at radius 3 is 2.48 bits per heavy atom. The topological polar surface area (TPSA) is 110 Å². The van der Waals surface area contributed by atoms with Crippen molar-refractivity contribution < 1.29 is 25.6 Å². The Labute approximate surface area is 184 Å². The van der Waals surface area contributed by atoms with Gasteiger partial charge in [-0.25, -0.2) is 8.42 Å². The van der Waals surface area contributed by atoms with Crippen LogP contribution in [-0.2, 0) is 26.7 Å². The van der Waals surface area contributed by atoms with Gasteiger partial charge in [-0.2, -0.15) is 8.42 Å². The fraction of sp³-hybridized carbons (Fsp3) is 0.455. The maximum Gasteiger partial charge on any atom is 0.446 e. The molecule has 2 aromatic rings. The van der Waals surface area contributed by atoms with Gasteiger partial charge in [-0.1, -0.05) is 63.1 Å². The first-order chi connectivity index (χ1) is 14.6. The first kappa shape index (κ1) is 23.7. The molecule has 170 valence electrons. The van der Waals surface area contributed by atoms with Crippen LogP contribution in [0.4, 0.5) is 0 Å². The van der Waals surface area contributed by atoms with Crippen LogP contribution in [0.25, 0.3) is 0 Å². The number of unbranched alkanes of at least 4 members (excludes halogenated alkanes) is 1. The first-order valence-electron chi connectivity index (χ1n) is 10.4. The van der Waals surface area contributed by atoms with Gasteiger partial charge in [-0.15, -0.1) is 0 Å². The number of hydrogen-bond donors (Lipinski definition) is 2. The fourth-order valence-electron chi connectivity index (χ4n) is 4.23. The molecular weight excluding hydrogens is 438 g/mol. The van der Waals surface area contributed by atoms with Crippen LogP contribution in [0, 0.1) is 0 Å². The van der Waals surface area contributed by atoms with Gasteiger partial charge in [0.25, 0.3) is 0 Å². The third kappa shape index (κ3) is 5.85. The Balaban J connectivity index is 2.13. The van der Waals surface area contributed by atoms with Crippen molar-refractivity contribution >= 4 is 20.2 Å². The Hall–Kier alpha value is -1.94. The molecule has 2 aromatic carbocycles. The van der Waals surface area contributed by atoms with Crippen molar-refractivity contribution in [1.82, 2.24) is 5.32 Å². The standard InChI is InChI=1S/C22H29NO6S2/c1-3-5-13-22(4-2)16-30(24,25)21-15-18(29-31(26,27)28)11-12-19(21)20(23-22)14-17-9-7-6-8-10-17/h6-12,15,20,23H,3-5,13-14,16H2,1-2H3,(H,26,27,28)/t20-,22-/m1/s1. The van der Waals surface area contributed by atoms with Crippen LogP contribution >= 0.6 is 0 Å². The van der Waals surface area contributed by atoms with Gasteiger partial charge in [-0.3, -0.25) is 4.55 Å². The first-order valence-corrected chi connectivity index (χ1v) is 13.4. The van der Waals surface area contributed by atoms with Crippen molar-refractivity contribution in [1.29, 1.82) is 0 Å². The minimum absolute atomic E-state index is 0.0360. The van der Waals surface area contributed by atoms with E-state index in [1.807, 2.05) is 37.3 Å². The van der Waals surface area contributed by atoms with Gasteiger partial charge in [0, 0.05) is 17.6 Å². The zero-order chi connectivity index (χ0) is 22.7. The summed E-state index contributed by atoms with van der Waals surface area (Å²) in [5, 5.41) is 3.65. The quantitative estimate of drug-likeness (QED) is 0.567. The molecule has 3 rings (SSSR count). The molecule has 7 nitrogen and oxygen atoms in total. The number of rotatable bonds is 8. The van der Waals surface area contributed by atoms with Gasteiger partial charge in [0.2, 0.25) is 0 Å². The molecule has 0 radical (unpaired) electrons. The van der Waals surface area contributed by atoms with Crippen molar-refractivity contribution in [2.75, 3.05) is 5.75 Å². The Morgan fingerprint density at radius 1 is 1.16 bits per heavy atom. The van der Waals surface area contributed by atoms with E-state index in [9.17, 15) is 16.8 Å². The van der Waals surface area contributed by atoms with Crippen LogP contribution < -0.4 is 9.50 Å². The lowest BCUT2D eigenvalue weighted by Gasteiger charge is -2.35. The summed E-state index contributed by atoms with van der Waals surface area (Å²) in [5.74, 6) is -0.328. The smallest absolute Gasteiger partial charge is 0.362 e. The van der Waals surface area contributed by atoms with Crippen molar-refractivity contribution in [2.45, 2.75) is 62.4 Å². The summed E-state index contributed by atoms with van der Waals surface area (Å²) in [4.78, 5) is 0.0360. The van der Waals surface area contributed by atoms with E-state index in [1.54, 1.807) is 6.07 Å². The lowest BCUT2D eigenvalue weighted by molar-refractivity contribution is 0.278. The van der Waals surface area contributed by atoms with Crippen molar-refractivity contribution in [3.05, 3.63) is 59.7 Å². The maximum absolute atomic E-state index is 13.4. The minimum Gasteiger partial charge on any atom is -0.362 e. The minimum atomic E-state index is -4.76. The zero-order valence-electron chi connectivity index (χ0n) is 17.7. The molecule has 1 aliphatic rings. The normalized spacial score (nSPS) is 23.0. The van der Waals surface area contributed by atoms with Gasteiger partial charge in [0.15, 0.2) is 9.84 Å². The van der Waals surface area contributed by atoms with Crippen LogP contribution in [0.3, 0.4) is 0 Å². The van der Waals surface area contributed by atoms with Gasteiger partial charge in [0.1, 0.15) is 5.75 Å². The Morgan fingerprint density at radius 2 is 1.87 bits per heavy atom. The predicted molar refractivity (Wildman–Crippen MR) is 119 cm³/mol. The molecule has 0 spiro atoms. The fourth-order valence-corrected chi connectivity index (χ4v) is 6.75. The molecule has 0 saturated heterocycles. The second-order valence-corrected chi connectivity index (χ2v) is 11.1. The second kappa shape index (κ2) is 9.28. The molecule has 0 bridgehead atoms. The molecule has 0 amide bonds. The van der Waals surface area contributed by atoms with E-state index in [2.05, 4.69) is 16.4 Å². The lowest BCUT2D eigenvalue weighted by atomic mass is 9.88. The third-order valence-corrected chi connectivity index (χ3v) is 8.17. The SMILES string of the molecule is CCCC[C@]1(CC)CS(=O)(=O)c2cc(OS(=O)(=O)O)ccc2[C@@H](Cc2ccccc2)N1. The number of nitrogens with one attached hydrogen (secondary N) is 1. The molecule has 1 aliphatic heterocycles. The molecule has 0 aromatic heterocycles. The van der Waals surface area contributed by atoms with Gasteiger partial charge in [-0.05, 0) is 36.5 Å². The van der Waals surface area contributed by atoms with Crippen molar-refractivity contribution in [2.24, 2.45) is 0 Å². The number of benzene rings is 2. The number of sulfone groups is 1. The van der Waals surface area contributed by atoms with Crippen LogP contribution in [0.1, 0.15) is 56.7 Å². The maximum atomic E-state index is 13.4. The van der Waals surface area contributed by atoms with E-state index in [0.29, 0.717) is 24.8 Å². The second-order valence-electron chi connectivity index (χ2n) is 8.09. The number of fused-ring (bicyclic) bond motifs is 1. The van der Waals surface area contributed by atoms with Crippen LogP contribution in [-0.4, -0.2) is 32.7 Å². The van der Waals surface area contributed by atoms with E-state index < -0.39 is 25.8 Å². The van der Waals surface area contributed by atoms with E-state index in [1.165, 1.54) is 12.1 Å². The average molecular weight is 468 g/mol. The Bertz CT molecular complexity index is 1120. The number of hydrogen-bond acceptors (Lipinski definition) is 6. The highest BCUT2D eigenvalue weighted by Crippen LogP contribution is 2.38. The summed E-state index contributed by atoms with van der Waals surface area (Å²) < 4.78 is 62.7. The molecule has 9 heteroatoms. The highest BCUT2D eigenvalue weighted by molar-refractivity contribution is 7.91. The van der Waals surface area contributed by atoms with E-state index in [-0.39, 0.29) is 22.4 Å². The highest BCUT2D eigenvalue weighted by Gasteiger charge is 2.41. The van der Waals surface area contributed by atoms with Gasteiger partial charge >= 0.3 is 10.4 Å². The summed E-state index contributed by atoms with van der Waals surface area (Å²) in [7, 11) is -8.51. The molecule has 0 fully saturated rings. The average Bonchev–Trinajstić information content (AvgIpc) is 2.79.